The van der Waals surface area contributed by atoms with Gasteiger partial charge in [-0.15, -0.1) is 0 Å². The van der Waals surface area contributed by atoms with Crippen LogP contribution >= 0.6 is 23.2 Å². The van der Waals surface area contributed by atoms with Crippen molar-refractivity contribution < 1.29 is 4.74 Å². The Balaban J connectivity index is 2.01. The summed E-state index contributed by atoms with van der Waals surface area (Å²) in [4.78, 5) is 0. The Bertz CT molecular complexity index is 637. The monoisotopic (exact) mass is 307 g/mol. The smallest absolute Gasteiger partial charge is 0.128 e. The first-order chi connectivity index (χ1) is 9.56. The molecule has 2 aromatic carbocycles. The van der Waals surface area contributed by atoms with Gasteiger partial charge in [-0.25, -0.2) is 0 Å². The fraction of sp³-hybridized carbons (Fsp3) is 0.250. The van der Waals surface area contributed by atoms with E-state index in [1.807, 2.05) is 37.3 Å². The summed E-state index contributed by atoms with van der Waals surface area (Å²) < 4.78 is 6.06. The van der Waals surface area contributed by atoms with Crippen molar-refractivity contribution in [1.82, 2.24) is 0 Å². The summed E-state index contributed by atoms with van der Waals surface area (Å²) in [6, 6.07) is 11.4. The van der Waals surface area contributed by atoms with E-state index in [1.165, 1.54) is 5.56 Å². The molecular weight excluding hydrogens is 293 g/mol. The molecule has 0 saturated heterocycles. The van der Waals surface area contributed by atoms with Gasteiger partial charge in [0.25, 0.3) is 0 Å². The van der Waals surface area contributed by atoms with E-state index in [0.717, 1.165) is 16.9 Å². The van der Waals surface area contributed by atoms with Gasteiger partial charge in [0.05, 0.1) is 0 Å². The first-order valence-electron chi connectivity index (χ1n) is 6.53. The lowest BCUT2D eigenvalue weighted by atomic mass is 9.92. The maximum Gasteiger partial charge on any atom is 0.128 e. The third-order valence-corrected chi connectivity index (χ3v) is 4.28. The molecule has 1 aliphatic rings. The van der Waals surface area contributed by atoms with Crippen molar-refractivity contribution in [3.63, 3.8) is 0 Å². The zero-order valence-electron chi connectivity index (χ0n) is 11.1. The van der Waals surface area contributed by atoms with Crippen molar-refractivity contribution in [3.8, 4) is 5.75 Å². The Kier molecular flexibility index (Phi) is 3.63. The molecule has 0 radical (unpaired) electrons. The predicted molar refractivity (Wildman–Crippen MR) is 82.6 cm³/mol. The molecule has 0 spiro atoms. The molecule has 2 N–H and O–H groups in total. The summed E-state index contributed by atoms with van der Waals surface area (Å²) in [5.41, 5.74) is 9.32. The number of ether oxygens (including phenoxy) is 1. The highest BCUT2D eigenvalue weighted by atomic mass is 35.5. The average molecular weight is 308 g/mol. The molecule has 0 bridgehead atoms. The molecule has 104 valence electrons. The zero-order chi connectivity index (χ0) is 14.3. The molecule has 0 amide bonds. The summed E-state index contributed by atoms with van der Waals surface area (Å²) in [6.45, 7) is 2.05. The molecule has 0 saturated carbocycles. The molecule has 4 heteroatoms. The molecule has 0 fully saturated rings. The SMILES string of the molecule is Cc1ccc2c(c1)[C@H](N)CC(c1c(Cl)cccc1Cl)O2. The van der Waals surface area contributed by atoms with Crippen LogP contribution in [0, 0.1) is 6.92 Å². The van der Waals surface area contributed by atoms with Crippen molar-refractivity contribution in [1.29, 1.82) is 0 Å². The van der Waals surface area contributed by atoms with Crippen molar-refractivity contribution >= 4 is 23.2 Å². The minimum Gasteiger partial charge on any atom is -0.485 e. The van der Waals surface area contributed by atoms with Crippen LogP contribution in [0.15, 0.2) is 36.4 Å². The lowest BCUT2D eigenvalue weighted by Gasteiger charge is -2.31. The summed E-state index contributed by atoms with van der Waals surface area (Å²) >= 11 is 12.5. The number of benzene rings is 2. The van der Waals surface area contributed by atoms with Crippen molar-refractivity contribution in [3.05, 3.63) is 63.1 Å². The van der Waals surface area contributed by atoms with Gasteiger partial charge in [0.1, 0.15) is 11.9 Å². The molecule has 1 aliphatic heterocycles. The first-order valence-corrected chi connectivity index (χ1v) is 7.28. The number of hydrogen-bond acceptors (Lipinski definition) is 2. The van der Waals surface area contributed by atoms with Crippen molar-refractivity contribution in [2.75, 3.05) is 0 Å². The number of halogens is 2. The number of fused-ring (bicyclic) bond motifs is 1. The van der Waals surface area contributed by atoms with E-state index in [-0.39, 0.29) is 12.1 Å². The van der Waals surface area contributed by atoms with Crippen LogP contribution in [0.1, 0.15) is 35.3 Å². The quantitative estimate of drug-likeness (QED) is 0.819. The summed E-state index contributed by atoms with van der Waals surface area (Å²) in [5.74, 6) is 0.815. The van der Waals surface area contributed by atoms with Crippen molar-refractivity contribution in [2.24, 2.45) is 5.73 Å². The maximum atomic E-state index is 6.28. The van der Waals surface area contributed by atoms with E-state index in [4.69, 9.17) is 33.7 Å². The molecule has 2 nitrogen and oxygen atoms in total. The number of nitrogens with two attached hydrogens (primary N) is 1. The van der Waals surface area contributed by atoms with Gasteiger partial charge in [-0.3, -0.25) is 0 Å². The minimum absolute atomic E-state index is 0.0732. The maximum absolute atomic E-state index is 6.28. The first kappa shape index (κ1) is 13.7. The van der Waals surface area contributed by atoms with E-state index in [9.17, 15) is 0 Å². The minimum atomic E-state index is -0.207. The fourth-order valence-corrected chi connectivity index (χ4v) is 3.26. The van der Waals surface area contributed by atoms with E-state index in [1.54, 1.807) is 0 Å². The Hall–Kier alpha value is -1.22. The number of aryl methyl sites for hydroxylation is 1. The van der Waals surface area contributed by atoms with E-state index >= 15 is 0 Å². The summed E-state index contributed by atoms with van der Waals surface area (Å²) in [7, 11) is 0. The van der Waals surface area contributed by atoms with Crippen LogP contribution in [-0.2, 0) is 0 Å². The van der Waals surface area contributed by atoms with Crippen LogP contribution in [0.2, 0.25) is 10.0 Å². The van der Waals surface area contributed by atoms with E-state index < -0.39 is 0 Å². The van der Waals surface area contributed by atoms with Gasteiger partial charge in [-0.05, 0) is 25.1 Å². The lowest BCUT2D eigenvalue weighted by Crippen LogP contribution is -2.24. The van der Waals surface area contributed by atoms with Crippen LogP contribution in [0.4, 0.5) is 0 Å². The van der Waals surface area contributed by atoms with Gasteiger partial charge in [-0.1, -0.05) is 47.0 Å². The third-order valence-electron chi connectivity index (χ3n) is 3.62. The highest BCUT2D eigenvalue weighted by molar-refractivity contribution is 6.36. The number of rotatable bonds is 1. The molecule has 0 aliphatic carbocycles. The average Bonchev–Trinajstić information content (AvgIpc) is 2.39. The Morgan fingerprint density at radius 2 is 1.85 bits per heavy atom. The van der Waals surface area contributed by atoms with Gasteiger partial charge in [0.2, 0.25) is 0 Å². The van der Waals surface area contributed by atoms with Gasteiger partial charge >= 0.3 is 0 Å². The standard InChI is InChI=1S/C16H15Cl2NO/c1-9-5-6-14-10(7-9)13(19)8-15(20-14)16-11(17)3-2-4-12(16)18/h2-7,13,15H,8,19H2,1H3/t13-,15?/m1/s1. The topological polar surface area (TPSA) is 35.2 Å². The second-order valence-electron chi connectivity index (χ2n) is 5.13. The van der Waals surface area contributed by atoms with Crippen molar-refractivity contribution in [2.45, 2.75) is 25.5 Å². The lowest BCUT2D eigenvalue weighted by molar-refractivity contribution is 0.161. The highest BCUT2D eigenvalue weighted by Gasteiger charge is 2.29. The summed E-state index contributed by atoms with van der Waals surface area (Å²) in [6.07, 6.45) is 0.460. The summed E-state index contributed by atoms with van der Waals surface area (Å²) in [5, 5.41) is 1.23. The Morgan fingerprint density at radius 1 is 1.15 bits per heavy atom. The molecule has 20 heavy (non-hydrogen) atoms. The second kappa shape index (κ2) is 5.28. The Morgan fingerprint density at radius 3 is 2.55 bits per heavy atom. The Labute approximate surface area is 128 Å². The number of hydrogen-bond donors (Lipinski definition) is 1. The molecule has 1 heterocycles. The third kappa shape index (κ3) is 2.39. The molecule has 2 atom stereocenters. The van der Waals surface area contributed by atoms with Crippen LogP contribution in [0.5, 0.6) is 5.75 Å². The van der Waals surface area contributed by atoms with Gasteiger partial charge < -0.3 is 10.5 Å². The van der Waals surface area contributed by atoms with Crippen LogP contribution < -0.4 is 10.5 Å². The zero-order valence-corrected chi connectivity index (χ0v) is 12.6. The molecule has 2 aromatic rings. The normalized spacial score (nSPS) is 21.2. The van der Waals surface area contributed by atoms with Crippen LogP contribution in [-0.4, -0.2) is 0 Å². The molecular formula is C16H15Cl2NO. The van der Waals surface area contributed by atoms with Gasteiger partial charge in [-0.2, -0.15) is 0 Å². The molecule has 1 unspecified atom stereocenters. The molecule has 0 aromatic heterocycles. The largest absolute Gasteiger partial charge is 0.485 e. The van der Waals surface area contributed by atoms with Crippen LogP contribution in [0.3, 0.4) is 0 Å². The second-order valence-corrected chi connectivity index (χ2v) is 5.94. The van der Waals surface area contributed by atoms with E-state index in [0.29, 0.717) is 16.5 Å². The predicted octanol–water partition coefficient (Wildman–Crippen LogP) is 4.83. The highest BCUT2D eigenvalue weighted by Crippen LogP contribution is 2.43. The van der Waals surface area contributed by atoms with Gasteiger partial charge in [0, 0.05) is 33.6 Å². The molecule has 3 rings (SSSR count). The fourth-order valence-electron chi connectivity index (χ4n) is 2.62. The van der Waals surface area contributed by atoms with Crippen LogP contribution in [0.25, 0.3) is 0 Å². The van der Waals surface area contributed by atoms with E-state index in [2.05, 4.69) is 6.07 Å². The van der Waals surface area contributed by atoms with Gasteiger partial charge in [0.15, 0.2) is 0 Å².